The lowest BCUT2D eigenvalue weighted by molar-refractivity contribution is -0.125. The molecule has 0 fully saturated rings. The van der Waals surface area contributed by atoms with Crippen molar-refractivity contribution in [1.29, 1.82) is 0 Å². The van der Waals surface area contributed by atoms with E-state index in [1.54, 1.807) is 18.2 Å². The number of nitrogens with one attached hydrogen (secondary N) is 1. The SMILES string of the molecule is CCOc1ccc2cc1CN1C(=O)CP(N=C1N)C(C)C/C=C\c1ccc3c(c1)C(CC(C)(C)O3)NC2=O. The van der Waals surface area contributed by atoms with E-state index >= 15 is 0 Å². The number of nitrogens with two attached hydrogens (primary N) is 1. The molecule has 0 radical (unpaired) electrons. The van der Waals surface area contributed by atoms with Crippen LogP contribution in [0.5, 0.6) is 11.5 Å². The normalized spacial score (nSPS) is 25.4. The zero-order chi connectivity index (χ0) is 27.0. The van der Waals surface area contributed by atoms with Gasteiger partial charge in [0.15, 0.2) is 0 Å². The molecule has 3 N–H and O–H groups in total. The first kappa shape index (κ1) is 26.2. The van der Waals surface area contributed by atoms with Crippen LogP contribution in [0, 0.1) is 0 Å². The topological polar surface area (TPSA) is 106 Å². The first-order chi connectivity index (χ1) is 18.1. The standard InChI is InChI=1S/C29H35N4O4P/c1-5-36-24-12-10-20-14-21(24)16-33-26(34)17-38(32-28(33)30)18(2)7-6-8-19-9-11-25-22(13-19)23(31-27(20)35)15-29(3,4)37-25/h6,8-14,18,23H,5,7,15-17H2,1-4H3,(H2,30,32)(H,31,35)/b8-6-. The summed E-state index contributed by atoms with van der Waals surface area (Å²) in [6, 6.07) is 11.2. The molecule has 0 saturated carbocycles. The first-order valence-corrected chi connectivity index (χ1v) is 14.7. The Labute approximate surface area is 225 Å². The van der Waals surface area contributed by atoms with Crippen LogP contribution in [0.3, 0.4) is 0 Å². The molecule has 3 atom stereocenters. The van der Waals surface area contributed by atoms with Crippen molar-refractivity contribution in [1.82, 2.24) is 10.2 Å². The number of fused-ring (bicyclic) bond motifs is 4. The van der Waals surface area contributed by atoms with Crippen LogP contribution in [0.1, 0.15) is 73.6 Å². The molecule has 6 rings (SSSR count). The minimum absolute atomic E-state index is 0.0532. The van der Waals surface area contributed by atoms with E-state index < -0.39 is 13.7 Å². The lowest BCUT2D eigenvalue weighted by Gasteiger charge is -2.38. The summed E-state index contributed by atoms with van der Waals surface area (Å²) in [7, 11) is -0.931. The van der Waals surface area contributed by atoms with Gasteiger partial charge in [0, 0.05) is 36.8 Å². The number of carbonyl (C=O) groups excluding carboxylic acids is 2. The number of amides is 2. The lowest BCUT2D eigenvalue weighted by atomic mass is 9.88. The van der Waals surface area contributed by atoms with E-state index in [0.717, 1.165) is 23.3 Å². The van der Waals surface area contributed by atoms with Gasteiger partial charge in [0.05, 0.1) is 25.4 Å². The van der Waals surface area contributed by atoms with Crippen LogP contribution in [0.15, 0.2) is 47.2 Å². The highest BCUT2D eigenvalue weighted by molar-refractivity contribution is 7.58. The van der Waals surface area contributed by atoms with Crippen LogP contribution in [-0.4, -0.2) is 46.7 Å². The van der Waals surface area contributed by atoms with Gasteiger partial charge in [-0.15, -0.1) is 0 Å². The number of nitrogens with zero attached hydrogens (tertiary/aromatic N) is 2. The second kappa shape index (κ2) is 10.4. The Bertz CT molecular complexity index is 1320. The van der Waals surface area contributed by atoms with E-state index in [9.17, 15) is 9.59 Å². The average Bonchev–Trinajstić information content (AvgIpc) is 2.86. The second-order valence-electron chi connectivity index (χ2n) is 10.7. The van der Waals surface area contributed by atoms with Gasteiger partial charge < -0.3 is 20.5 Å². The van der Waals surface area contributed by atoms with Gasteiger partial charge in [-0.1, -0.05) is 25.1 Å². The van der Waals surface area contributed by atoms with E-state index in [-0.39, 0.29) is 36.0 Å². The molecule has 4 aliphatic heterocycles. The highest BCUT2D eigenvalue weighted by Gasteiger charge is 2.35. The van der Waals surface area contributed by atoms with E-state index in [1.165, 1.54) is 4.90 Å². The van der Waals surface area contributed by atoms with Crippen LogP contribution < -0.4 is 20.5 Å². The molecule has 8 nitrogen and oxygen atoms in total. The highest BCUT2D eigenvalue weighted by Crippen LogP contribution is 2.47. The number of benzene rings is 2. The van der Waals surface area contributed by atoms with Gasteiger partial charge in [0.2, 0.25) is 11.9 Å². The summed E-state index contributed by atoms with van der Waals surface area (Å²) >= 11 is 0. The molecule has 2 aromatic carbocycles. The monoisotopic (exact) mass is 534 g/mol. The number of carbonyl (C=O) groups is 2. The number of hydrogen-bond donors (Lipinski definition) is 2. The Morgan fingerprint density at radius 3 is 2.82 bits per heavy atom. The molecule has 9 heteroatoms. The van der Waals surface area contributed by atoms with Gasteiger partial charge in [0.1, 0.15) is 17.1 Å². The Balaban J connectivity index is 1.59. The summed E-state index contributed by atoms with van der Waals surface area (Å²) < 4.78 is 16.8. The molecule has 4 aliphatic rings. The summed E-state index contributed by atoms with van der Waals surface area (Å²) in [5.74, 6) is 1.38. The van der Waals surface area contributed by atoms with Crippen molar-refractivity contribution in [3.8, 4) is 11.5 Å². The predicted octanol–water partition coefficient (Wildman–Crippen LogP) is 4.98. The minimum atomic E-state index is -0.931. The average molecular weight is 535 g/mol. The molecular formula is C29H35N4O4P. The number of ether oxygens (including phenoxy) is 2. The van der Waals surface area contributed by atoms with Crippen LogP contribution in [0.25, 0.3) is 6.08 Å². The second-order valence-corrected chi connectivity index (χ2v) is 12.9. The van der Waals surface area contributed by atoms with Crippen LogP contribution in [0.2, 0.25) is 0 Å². The molecule has 200 valence electrons. The van der Waals surface area contributed by atoms with Crippen molar-refractivity contribution in [2.75, 3.05) is 12.8 Å². The van der Waals surface area contributed by atoms with Crippen molar-refractivity contribution in [2.45, 2.75) is 64.4 Å². The molecule has 2 aromatic rings. The molecule has 0 saturated heterocycles. The maximum atomic E-state index is 13.5. The number of rotatable bonds is 2. The van der Waals surface area contributed by atoms with E-state index in [1.807, 2.05) is 32.9 Å². The number of hydrogen-bond acceptors (Lipinski definition) is 6. The maximum Gasteiger partial charge on any atom is 0.251 e. The third-order valence-electron chi connectivity index (χ3n) is 7.15. The summed E-state index contributed by atoms with van der Waals surface area (Å²) in [5, 5.41) is 3.23. The third-order valence-corrected chi connectivity index (χ3v) is 9.43. The highest BCUT2D eigenvalue weighted by atomic mass is 31.1. The predicted molar refractivity (Wildman–Crippen MR) is 151 cm³/mol. The zero-order valence-corrected chi connectivity index (χ0v) is 23.3. The first-order valence-electron chi connectivity index (χ1n) is 13.1. The van der Waals surface area contributed by atoms with Crippen molar-refractivity contribution in [2.24, 2.45) is 10.5 Å². The summed E-state index contributed by atoms with van der Waals surface area (Å²) in [6.07, 6.45) is 5.98. The molecule has 38 heavy (non-hydrogen) atoms. The fraction of sp³-hybridized carbons (Fsp3) is 0.414. The molecule has 0 aliphatic carbocycles. The number of allylic oxidation sites excluding steroid dienone is 1. The molecule has 2 amide bonds. The Kier molecular flexibility index (Phi) is 7.19. The lowest BCUT2D eigenvalue weighted by Crippen LogP contribution is -2.45. The summed E-state index contributed by atoms with van der Waals surface area (Å²) in [5.41, 5.74) is 9.31. The van der Waals surface area contributed by atoms with Gasteiger partial charge in [-0.2, -0.15) is 0 Å². The molecular weight excluding hydrogens is 499 g/mol. The third kappa shape index (κ3) is 5.41. The fourth-order valence-electron chi connectivity index (χ4n) is 5.18. The Hall–Kier alpha value is -3.38. The van der Waals surface area contributed by atoms with Crippen LogP contribution in [-0.2, 0) is 11.3 Å². The number of guanidine groups is 1. The Morgan fingerprint density at radius 1 is 1.24 bits per heavy atom. The summed E-state index contributed by atoms with van der Waals surface area (Å²) in [6.45, 7) is 8.75. The molecule has 3 unspecified atom stereocenters. The van der Waals surface area contributed by atoms with E-state index in [2.05, 4.69) is 30.5 Å². The van der Waals surface area contributed by atoms with Crippen LogP contribution in [0.4, 0.5) is 0 Å². The van der Waals surface area contributed by atoms with Crippen molar-refractivity contribution < 1.29 is 19.1 Å². The van der Waals surface area contributed by atoms with Crippen molar-refractivity contribution >= 4 is 31.9 Å². The van der Waals surface area contributed by atoms with Gasteiger partial charge in [-0.25, -0.2) is 4.76 Å². The molecule has 0 spiro atoms. The Morgan fingerprint density at radius 2 is 2.05 bits per heavy atom. The smallest absolute Gasteiger partial charge is 0.251 e. The summed E-state index contributed by atoms with van der Waals surface area (Å²) in [4.78, 5) is 28.2. The van der Waals surface area contributed by atoms with Crippen LogP contribution >= 0.6 is 8.07 Å². The van der Waals surface area contributed by atoms with E-state index in [4.69, 9.17) is 20.0 Å². The quantitative estimate of drug-likeness (QED) is 0.529. The van der Waals surface area contributed by atoms with E-state index in [0.29, 0.717) is 36.1 Å². The van der Waals surface area contributed by atoms with Crippen molar-refractivity contribution in [3.05, 3.63) is 64.7 Å². The van der Waals surface area contributed by atoms with Gasteiger partial charge >= 0.3 is 0 Å². The fourth-order valence-corrected chi connectivity index (χ4v) is 6.94. The van der Waals surface area contributed by atoms with Crippen molar-refractivity contribution in [3.63, 3.8) is 0 Å². The largest absolute Gasteiger partial charge is 0.494 e. The van der Waals surface area contributed by atoms with Gasteiger partial charge in [-0.3, -0.25) is 14.5 Å². The maximum absolute atomic E-state index is 13.5. The minimum Gasteiger partial charge on any atom is -0.494 e. The molecule has 0 aromatic heterocycles. The molecule has 4 heterocycles. The zero-order valence-electron chi connectivity index (χ0n) is 22.4. The van der Waals surface area contributed by atoms with Gasteiger partial charge in [-0.05, 0) is 63.1 Å². The van der Waals surface area contributed by atoms with Gasteiger partial charge in [0.25, 0.3) is 5.91 Å². The molecule has 6 bridgehead atoms.